The molecule has 15 heavy (non-hydrogen) atoms. The molecule has 0 spiro atoms. The molecule has 2 fully saturated rings. The summed E-state index contributed by atoms with van der Waals surface area (Å²) in [6.45, 7) is 6.02. The van der Waals surface area contributed by atoms with Crippen molar-refractivity contribution in [3.63, 3.8) is 0 Å². The van der Waals surface area contributed by atoms with Crippen LogP contribution in [-0.4, -0.2) is 48.3 Å². The Labute approximate surface area is 92.8 Å². The number of aliphatic hydroxyl groups excluding tert-OH is 1. The predicted molar refractivity (Wildman–Crippen MR) is 61.9 cm³/mol. The molecule has 88 valence electrons. The summed E-state index contributed by atoms with van der Waals surface area (Å²) in [6, 6.07) is 0.788. The molecule has 1 heterocycles. The van der Waals surface area contributed by atoms with Gasteiger partial charge in [0.05, 0.1) is 6.10 Å². The maximum absolute atomic E-state index is 9.86. The van der Waals surface area contributed by atoms with Gasteiger partial charge in [-0.05, 0) is 38.1 Å². The van der Waals surface area contributed by atoms with E-state index in [4.69, 9.17) is 0 Å². The zero-order valence-corrected chi connectivity index (χ0v) is 9.78. The summed E-state index contributed by atoms with van der Waals surface area (Å²) in [4.78, 5) is 2.49. The topological polar surface area (TPSA) is 35.5 Å². The van der Waals surface area contributed by atoms with Gasteiger partial charge in [0.2, 0.25) is 0 Å². The summed E-state index contributed by atoms with van der Waals surface area (Å²) >= 11 is 0. The molecule has 3 atom stereocenters. The Balaban J connectivity index is 1.64. The third kappa shape index (κ3) is 2.92. The van der Waals surface area contributed by atoms with Crippen molar-refractivity contribution in [3.05, 3.63) is 0 Å². The van der Waals surface area contributed by atoms with Crippen molar-refractivity contribution in [2.75, 3.05) is 26.2 Å². The number of hydrogen-bond donors (Lipinski definition) is 2. The van der Waals surface area contributed by atoms with E-state index < -0.39 is 0 Å². The molecule has 3 heteroatoms. The zero-order chi connectivity index (χ0) is 10.7. The summed E-state index contributed by atoms with van der Waals surface area (Å²) in [6.07, 6.45) is 5.12. The SMILES string of the molecule is CCCNCC(O)CN1CC2CCC1C2. The molecule has 0 radical (unpaired) electrons. The van der Waals surface area contributed by atoms with Gasteiger partial charge in [0, 0.05) is 25.7 Å². The lowest BCUT2D eigenvalue weighted by Gasteiger charge is -2.28. The summed E-state index contributed by atoms with van der Waals surface area (Å²) in [5.74, 6) is 0.936. The van der Waals surface area contributed by atoms with Crippen molar-refractivity contribution in [2.45, 2.75) is 44.8 Å². The van der Waals surface area contributed by atoms with Crippen molar-refractivity contribution in [3.8, 4) is 0 Å². The van der Waals surface area contributed by atoms with E-state index in [1.807, 2.05) is 0 Å². The van der Waals surface area contributed by atoms with E-state index >= 15 is 0 Å². The summed E-state index contributed by atoms with van der Waals surface area (Å²) < 4.78 is 0. The quantitative estimate of drug-likeness (QED) is 0.640. The summed E-state index contributed by atoms with van der Waals surface area (Å²) in [5.41, 5.74) is 0. The highest BCUT2D eigenvalue weighted by Crippen LogP contribution is 2.37. The Morgan fingerprint density at radius 2 is 2.33 bits per heavy atom. The Bertz CT molecular complexity index is 198. The Morgan fingerprint density at radius 1 is 1.47 bits per heavy atom. The lowest BCUT2D eigenvalue weighted by atomic mass is 10.1. The molecule has 2 rings (SSSR count). The number of β-amino-alcohol motifs (C(OH)–C–C–N with tert-alkyl or cyclic N) is 1. The predicted octanol–water partition coefficient (Wildman–Crippen LogP) is 0.831. The largest absolute Gasteiger partial charge is 0.390 e. The van der Waals surface area contributed by atoms with E-state index in [1.165, 1.54) is 25.8 Å². The second-order valence-corrected chi connectivity index (χ2v) is 5.14. The smallest absolute Gasteiger partial charge is 0.0791 e. The molecule has 0 aromatic heterocycles. The first kappa shape index (κ1) is 11.4. The fourth-order valence-electron chi connectivity index (χ4n) is 3.03. The fraction of sp³-hybridized carbons (Fsp3) is 1.00. The zero-order valence-electron chi connectivity index (χ0n) is 9.78. The van der Waals surface area contributed by atoms with Crippen molar-refractivity contribution in [1.82, 2.24) is 10.2 Å². The fourth-order valence-corrected chi connectivity index (χ4v) is 3.03. The van der Waals surface area contributed by atoms with E-state index in [2.05, 4.69) is 17.1 Å². The molecule has 0 amide bonds. The van der Waals surface area contributed by atoms with Crippen LogP contribution >= 0.6 is 0 Å². The molecule has 1 aliphatic carbocycles. The minimum Gasteiger partial charge on any atom is -0.390 e. The van der Waals surface area contributed by atoms with Crippen LogP contribution in [0.3, 0.4) is 0 Å². The minimum absolute atomic E-state index is 0.184. The van der Waals surface area contributed by atoms with Crippen LogP contribution < -0.4 is 5.32 Å². The van der Waals surface area contributed by atoms with E-state index in [-0.39, 0.29) is 6.10 Å². The number of rotatable bonds is 6. The molecule has 2 aliphatic rings. The van der Waals surface area contributed by atoms with E-state index in [0.29, 0.717) is 0 Å². The van der Waals surface area contributed by atoms with Gasteiger partial charge >= 0.3 is 0 Å². The first-order valence-electron chi connectivity index (χ1n) is 6.42. The molecule has 0 aromatic rings. The van der Waals surface area contributed by atoms with Crippen LogP contribution in [0.1, 0.15) is 32.6 Å². The Morgan fingerprint density at radius 3 is 2.93 bits per heavy atom. The standard InChI is InChI=1S/C12H24N2O/c1-2-5-13-7-12(15)9-14-8-10-3-4-11(14)6-10/h10-13,15H,2-9H2,1H3. The normalized spacial score (nSPS) is 32.4. The molecule has 2 N–H and O–H groups in total. The van der Waals surface area contributed by atoms with Crippen molar-refractivity contribution < 1.29 is 5.11 Å². The van der Waals surface area contributed by atoms with Gasteiger partial charge < -0.3 is 10.4 Å². The van der Waals surface area contributed by atoms with Crippen molar-refractivity contribution >= 4 is 0 Å². The first-order valence-corrected chi connectivity index (χ1v) is 6.42. The highest BCUT2D eigenvalue weighted by Gasteiger charge is 2.37. The molecule has 2 bridgehead atoms. The van der Waals surface area contributed by atoms with Gasteiger partial charge in [-0.25, -0.2) is 0 Å². The molecular weight excluding hydrogens is 188 g/mol. The Kier molecular flexibility index (Phi) is 4.00. The molecule has 1 aliphatic heterocycles. The van der Waals surface area contributed by atoms with E-state index in [1.54, 1.807) is 0 Å². The third-order valence-corrected chi connectivity index (χ3v) is 3.77. The lowest BCUT2D eigenvalue weighted by Crippen LogP contribution is -2.42. The maximum atomic E-state index is 9.86. The molecule has 0 aromatic carbocycles. The van der Waals surface area contributed by atoms with Crippen molar-refractivity contribution in [2.24, 2.45) is 5.92 Å². The van der Waals surface area contributed by atoms with Crippen LogP contribution in [0.5, 0.6) is 0 Å². The van der Waals surface area contributed by atoms with Gasteiger partial charge in [-0.15, -0.1) is 0 Å². The number of likely N-dealkylation sites (tertiary alicyclic amines) is 1. The summed E-state index contributed by atoms with van der Waals surface area (Å²) in [5, 5.41) is 13.1. The highest BCUT2D eigenvalue weighted by molar-refractivity contribution is 4.92. The molecular formula is C12H24N2O. The van der Waals surface area contributed by atoms with Gasteiger partial charge in [-0.2, -0.15) is 0 Å². The number of nitrogens with one attached hydrogen (secondary N) is 1. The van der Waals surface area contributed by atoms with Crippen molar-refractivity contribution in [1.29, 1.82) is 0 Å². The first-order chi connectivity index (χ1) is 7.29. The van der Waals surface area contributed by atoms with Crippen LogP contribution in [0, 0.1) is 5.92 Å². The van der Waals surface area contributed by atoms with Crippen LogP contribution in [0.4, 0.5) is 0 Å². The summed E-state index contributed by atoms with van der Waals surface area (Å²) in [7, 11) is 0. The van der Waals surface area contributed by atoms with Gasteiger partial charge in [-0.3, -0.25) is 4.90 Å². The monoisotopic (exact) mass is 212 g/mol. The number of fused-ring (bicyclic) bond motifs is 2. The molecule has 1 saturated heterocycles. The number of aliphatic hydroxyl groups is 1. The van der Waals surface area contributed by atoms with E-state index in [9.17, 15) is 5.11 Å². The van der Waals surface area contributed by atoms with Crippen LogP contribution in [0.25, 0.3) is 0 Å². The lowest BCUT2D eigenvalue weighted by molar-refractivity contribution is 0.0939. The van der Waals surface area contributed by atoms with Crippen LogP contribution in [0.2, 0.25) is 0 Å². The number of hydrogen-bond acceptors (Lipinski definition) is 3. The number of piperidine rings is 1. The molecule has 3 unspecified atom stereocenters. The number of nitrogens with zero attached hydrogens (tertiary/aromatic N) is 1. The third-order valence-electron chi connectivity index (χ3n) is 3.77. The second kappa shape index (κ2) is 5.28. The van der Waals surface area contributed by atoms with E-state index in [0.717, 1.165) is 38.0 Å². The maximum Gasteiger partial charge on any atom is 0.0791 e. The van der Waals surface area contributed by atoms with Crippen LogP contribution in [0.15, 0.2) is 0 Å². The second-order valence-electron chi connectivity index (χ2n) is 5.14. The average Bonchev–Trinajstić information content (AvgIpc) is 2.79. The van der Waals surface area contributed by atoms with Crippen LogP contribution in [-0.2, 0) is 0 Å². The van der Waals surface area contributed by atoms with Gasteiger partial charge in [-0.1, -0.05) is 6.92 Å². The molecule has 3 nitrogen and oxygen atoms in total. The molecule has 1 saturated carbocycles. The van der Waals surface area contributed by atoms with Gasteiger partial charge in [0.25, 0.3) is 0 Å². The average molecular weight is 212 g/mol. The van der Waals surface area contributed by atoms with Gasteiger partial charge in [0.15, 0.2) is 0 Å². The highest BCUT2D eigenvalue weighted by atomic mass is 16.3. The Hall–Kier alpha value is -0.120. The minimum atomic E-state index is -0.184. The van der Waals surface area contributed by atoms with Gasteiger partial charge in [0.1, 0.15) is 0 Å².